The molecule has 20 heavy (non-hydrogen) atoms. The number of carbonyl (C=O) groups is 1. The quantitative estimate of drug-likeness (QED) is 0.452. The van der Waals surface area contributed by atoms with E-state index in [1.54, 1.807) is 7.11 Å². The van der Waals surface area contributed by atoms with Crippen LogP contribution in [0.4, 0.5) is 0 Å². The summed E-state index contributed by atoms with van der Waals surface area (Å²) in [6.45, 7) is 5.91. The first-order chi connectivity index (χ1) is 9.72. The molecule has 1 aliphatic rings. The highest BCUT2D eigenvalue weighted by Crippen LogP contribution is 2.28. The molecular weight excluding hydrogens is 258 g/mol. The summed E-state index contributed by atoms with van der Waals surface area (Å²) in [7, 11) is 1.65. The number of fused-ring (bicyclic) bond motifs is 1. The van der Waals surface area contributed by atoms with E-state index in [-0.39, 0.29) is 5.97 Å². The number of nitrogens with zero attached hydrogens (tertiary/aromatic N) is 1. The molecule has 0 radical (unpaired) electrons. The van der Waals surface area contributed by atoms with Crippen molar-refractivity contribution in [2.24, 2.45) is 0 Å². The fraction of sp³-hybridized carbons (Fsp3) is 0.400. The van der Waals surface area contributed by atoms with Crippen molar-refractivity contribution in [1.82, 2.24) is 4.90 Å². The molecular formula is C15H19NO4. The molecule has 5 heteroatoms. The van der Waals surface area contributed by atoms with Gasteiger partial charge in [-0.15, -0.1) is 0 Å². The number of ether oxygens (including phenoxy) is 3. The summed E-state index contributed by atoms with van der Waals surface area (Å²) in [6.07, 6.45) is 1.94. The third kappa shape index (κ3) is 3.74. The number of hydrogen-bond acceptors (Lipinski definition) is 5. The van der Waals surface area contributed by atoms with Crippen LogP contribution < -0.4 is 9.47 Å². The van der Waals surface area contributed by atoms with Gasteiger partial charge in [0.05, 0.1) is 13.7 Å². The molecule has 0 fully saturated rings. The Bertz CT molecular complexity index is 487. The third-order valence-corrected chi connectivity index (χ3v) is 3.09. The van der Waals surface area contributed by atoms with Gasteiger partial charge in [-0.3, -0.25) is 4.90 Å². The maximum Gasteiger partial charge on any atom is 0.330 e. The van der Waals surface area contributed by atoms with E-state index < -0.39 is 0 Å². The van der Waals surface area contributed by atoms with Gasteiger partial charge in [0.2, 0.25) is 0 Å². The summed E-state index contributed by atoms with van der Waals surface area (Å²) < 4.78 is 15.8. The number of carbonyl (C=O) groups excluding carboxylic acids is 1. The van der Waals surface area contributed by atoms with Gasteiger partial charge >= 0.3 is 5.97 Å². The van der Waals surface area contributed by atoms with Crippen LogP contribution >= 0.6 is 0 Å². The van der Waals surface area contributed by atoms with Gasteiger partial charge in [0.1, 0.15) is 18.2 Å². The van der Waals surface area contributed by atoms with Gasteiger partial charge in [-0.25, -0.2) is 4.79 Å². The predicted molar refractivity (Wildman–Crippen MR) is 74.7 cm³/mol. The van der Waals surface area contributed by atoms with Crippen LogP contribution in [0.2, 0.25) is 0 Å². The van der Waals surface area contributed by atoms with Gasteiger partial charge in [0.25, 0.3) is 0 Å². The van der Waals surface area contributed by atoms with Gasteiger partial charge in [0.15, 0.2) is 0 Å². The van der Waals surface area contributed by atoms with E-state index in [2.05, 4.69) is 11.5 Å². The van der Waals surface area contributed by atoms with Crippen molar-refractivity contribution in [3.05, 3.63) is 36.4 Å². The maximum atomic E-state index is 10.9. The number of methoxy groups -OCH3 is 1. The van der Waals surface area contributed by atoms with E-state index in [1.165, 1.54) is 6.08 Å². The van der Waals surface area contributed by atoms with E-state index in [0.29, 0.717) is 13.3 Å². The predicted octanol–water partition coefficient (Wildman–Crippen LogP) is 1.97. The second kappa shape index (κ2) is 6.96. The summed E-state index contributed by atoms with van der Waals surface area (Å²) in [5, 5.41) is 0. The average molecular weight is 277 g/mol. The molecule has 0 amide bonds. The van der Waals surface area contributed by atoms with Crippen molar-refractivity contribution in [3.63, 3.8) is 0 Å². The molecule has 1 aliphatic heterocycles. The van der Waals surface area contributed by atoms with Crippen molar-refractivity contribution in [2.75, 3.05) is 27.0 Å². The molecule has 0 bridgehead atoms. The van der Waals surface area contributed by atoms with Crippen molar-refractivity contribution < 1.29 is 19.0 Å². The van der Waals surface area contributed by atoms with Crippen LogP contribution in [0, 0.1) is 0 Å². The molecule has 5 nitrogen and oxygen atoms in total. The number of benzene rings is 1. The van der Waals surface area contributed by atoms with Crippen molar-refractivity contribution in [3.8, 4) is 11.5 Å². The lowest BCUT2D eigenvalue weighted by atomic mass is 10.1. The van der Waals surface area contributed by atoms with Crippen molar-refractivity contribution in [2.45, 2.75) is 13.0 Å². The van der Waals surface area contributed by atoms with Crippen LogP contribution in [0.1, 0.15) is 12.0 Å². The standard InChI is InChI=1S/C15H19NO4/c1-3-15(17)19-8-4-7-16-10-12-9-13(18-2)5-6-14(12)20-11-16/h3,5-6,9H,1,4,7-8,10-11H2,2H3. The summed E-state index contributed by atoms with van der Waals surface area (Å²) in [4.78, 5) is 13.1. The Morgan fingerprint density at radius 1 is 1.55 bits per heavy atom. The lowest BCUT2D eigenvalue weighted by molar-refractivity contribution is -0.137. The molecule has 0 aliphatic carbocycles. The zero-order valence-corrected chi connectivity index (χ0v) is 11.6. The molecule has 1 aromatic rings. The van der Waals surface area contributed by atoms with Crippen LogP contribution in [-0.2, 0) is 16.1 Å². The van der Waals surface area contributed by atoms with E-state index in [9.17, 15) is 4.79 Å². The Kier molecular flexibility index (Phi) is 5.01. The van der Waals surface area contributed by atoms with Crippen LogP contribution in [0.5, 0.6) is 11.5 Å². The fourth-order valence-electron chi connectivity index (χ4n) is 2.06. The normalized spacial score (nSPS) is 14.1. The third-order valence-electron chi connectivity index (χ3n) is 3.09. The molecule has 0 atom stereocenters. The van der Waals surface area contributed by atoms with E-state index in [1.807, 2.05) is 18.2 Å². The summed E-state index contributed by atoms with van der Waals surface area (Å²) >= 11 is 0. The average Bonchev–Trinajstić information content (AvgIpc) is 2.50. The molecule has 0 spiro atoms. The first-order valence-corrected chi connectivity index (χ1v) is 6.54. The SMILES string of the molecule is C=CC(=O)OCCCN1COc2ccc(OC)cc2C1. The molecule has 2 rings (SSSR count). The number of hydrogen-bond donors (Lipinski definition) is 0. The molecule has 0 saturated heterocycles. The largest absolute Gasteiger partial charge is 0.497 e. The molecule has 0 N–H and O–H groups in total. The Morgan fingerprint density at radius 2 is 2.40 bits per heavy atom. The summed E-state index contributed by atoms with van der Waals surface area (Å²) in [6, 6.07) is 5.81. The smallest absolute Gasteiger partial charge is 0.330 e. The molecule has 1 aromatic carbocycles. The van der Waals surface area contributed by atoms with Crippen molar-refractivity contribution >= 4 is 5.97 Å². The topological polar surface area (TPSA) is 48.0 Å². The first kappa shape index (κ1) is 14.4. The van der Waals surface area contributed by atoms with Gasteiger partial charge in [-0.2, -0.15) is 0 Å². The maximum absolute atomic E-state index is 10.9. The van der Waals surface area contributed by atoms with Crippen LogP contribution in [-0.4, -0.2) is 37.9 Å². The zero-order valence-electron chi connectivity index (χ0n) is 11.6. The van der Waals surface area contributed by atoms with E-state index in [4.69, 9.17) is 14.2 Å². The fourth-order valence-corrected chi connectivity index (χ4v) is 2.06. The minimum absolute atomic E-state index is 0.380. The highest BCUT2D eigenvalue weighted by Gasteiger charge is 2.17. The van der Waals surface area contributed by atoms with Gasteiger partial charge in [-0.1, -0.05) is 6.58 Å². The molecule has 0 unspecified atom stereocenters. The Balaban J connectivity index is 1.81. The Hall–Kier alpha value is -2.01. The summed E-state index contributed by atoms with van der Waals surface area (Å²) in [5.41, 5.74) is 1.11. The van der Waals surface area contributed by atoms with Crippen LogP contribution in [0.15, 0.2) is 30.9 Å². The Labute approximate surface area is 118 Å². The monoisotopic (exact) mass is 277 g/mol. The minimum Gasteiger partial charge on any atom is -0.497 e. The second-order valence-electron chi connectivity index (χ2n) is 4.52. The van der Waals surface area contributed by atoms with E-state index in [0.717, 1.165) is 36.6 Å². The number of rotatable bonds is 6. The second-order valence-corrected chi connectivity index (χ2v) is 4.52. The molecule has 0 saturated carbocycles. The Morgan fingerprint density at radius 3 is 3.15 bits per heavy atom. The lowest BCUT2D eigenvalue weighted by Crippen LogP contribution is -2.33. The molecule has 0 aromatic heterocycles. The first-order valence-electron chi connectivity index (χ1n) is 6.54. The lowest BCUT2D eigenvalue weighted by Gasteiger charge is -2.29. The van der Waals surface area contributed by atoms with Crippen LogP contribution in [0.3, 0.4) is 0 Å². The van der Waals surface area contributed by atoms with Gasteiger partial charge < -0.3 is 14.2 Å². The molecule has 108 valence electrons. The highest BCUT2D eigenvalue weighted by atomic mass is 16.5. The minimum atomic E-state index is -0.380. The summed E-state index contributed by atoms with van der Waals surface area (Å²) in [5.74, 6) is 1.35. The van der Waals surface area contributed by atoms with Gasteiger partial charge in [0, 0.05) is 24.7 Å². The van der Waals surface area contributed by atoms with Crippen molar-refractivity contribution in [1.29, 1.82) is 0 Å². The van der Waals surface area contributed by atoms with E-state index >= 15 is 0 Å². The molecule has 1 heterocycles. The number of esters is 1. The zero-order chi connectivity index (χ0) is 14.4. The highest BCUT2D eigenvalue weighted by molar-refractivity contribution is 5.81. The van der Waals surface area contributed by atoms with Crippen LogP contribution in [0.25, 0.3) is 0 Å². The van der Waals surface area contributed by atoms with Gasteiger partial charge in [-0.05, 0) is 24.6 Å².